The Morgan fingerprint density at radius 1 is 1.29 bits per heavy atom. The highest BCUT2D eigenvalue weighted by atomic mass is 16.2. The number of rotatable bonds is 10. The van der Waals surface area contributed by atoms with Gasteiger partial charge in [0.05, 0.1) is 6.04 Å². The molecule has 8 N–H and O–H groups in total. The zero-order valence-electron chi connectivity index (χ0n) is 18.1. The number of benzene rings is 1. The van der Waals surface area contributed by atoms with Crippen molar-refractivity contribution >= 4 is 23.7 Å². The van der Waals surface area contributed by atoms with Crippen LogP contribution in [0.3, 0.4) is 0 Å². The third kappa shape index (κ3) is 6.68. The molecule has 2 rings (SSSR count). The van der Waals surface area contributed by atoms with E-state index in [9.17, 15) is 14.4 Å². The smallest absolute Gasteiger partial charge is 0.243 e. The van der Waals surface area contributed by atoms with E-state index in [4.69, 9.17) is 16.9 Å². The fourth-order valence-electron chi connectivity index (χ4n) is 3.79. The number of nitrogens with two attached hydrogens (primary N) is 2. The number of carbonyl (C=O) groups excluding carboxylic acids is 3. The van der Waals surface area contributed by atoms with E-state index in [1.807, 2.05) is 37.3 Å². The summed E-state index contributed by atoms with van der Waals surface area (Å²) in [6.07, 6.45) is 1.62. The lowest BCUT2D eigenvalue weighted by molar-refractivity contribution is -0.140. The summed E-state index contributed by atoms with van der Waals surface area (Å²) in [5, 5.41) is 15.9. The van der Waals surface area contributed by atoms with E-state index in [1.54, 1.807) is 7.05 Å². The maximum Gasteiger partial charge on any atom is 0.243 e. The summed E-state index contributed by atoms with van der Waals surface area (Å²) in [7, 11) is 1.63. The highest BCUT2D eigenvalue weighted by molar-refractivity contribution is 5.93. The van der Waals surface area contributed by atoms with E-state index >= 15 is 0 Å². The Hall–Kier alpha value is -3.14. The van der Waals surface area contributed by atoms with Gasteiger partial charge in [-0.05, 0) is 31.7 Å². The van der Waals surface area contributed by atoms with E-state index < -0.39 is 29.9 Å². The number of hydrogen-bond acceptors (Lipinski definition) is 5. The van der Waals surface area contributed by atoms with Gasteiger partial charge in [0.2, 0.25) is 17.7 Å². The lowest BCUT2D eigenvalue weighted by atomic mass is 10.0. The Morgan fingerprint density at radius 2 is 1.97 bits per heavy atom. The van der Waals surface area contributed by atoms with E-state index in [-0.39, 0.29) is 24.3 Å². The minimum Gasteiger partial charge on any atom is -0.368 e. The van der Waals surface area contributed by atoms with Crippen molar-refractivity contribution < 1.29 is 14.4 Å². The second kappa shape index (κ2) is 11.3. The van der Waals surface area contributed by atoms with Gasteiger partial charge in [0, 0.05) is 26.1 Å². The molecular weight excluding hydrogens is 398 g/mol. The van der Waals surface area contributed by atoms with Gasteiger partial charge in [-0.3, -0.25) is 19.8 Å². The Bertz CT molecular complexity index is 786. The van der Waals surface area contributed by atoms with Crippen LogP contribution in [0.2, 0.25) is 0 Å². The third-order valence-electron chi connectivity index (χ3n) is 5.43. The van der Waals surface area contributed by atoms with Gasteiger partial charge < -0.3 is 32.3 Å². The minimum absolute atomic E-state index is 0.172. The minimum atomic E-state index is -0.894. The summed E-state index contributed by atoms with van der Waals surface area (Å²) >= 11 is 0. The highest BCUT2D eigenvalue weighted by Gasteiger charge is 2.42. The molecule has 1 fully saturated rings. The van der Waals surface area contributed by atoms with Crippen LogP contribution in [-0.2, 0) is 20.8 Å². The van der Waals surface area contributed by atoms with Gasteiger partial charge in [-0.1, -0.05) is 30.3 Å². The summed E-state index contributed by atoms with van der Waals surface area (Å²) in [5.74, 6) is -1.18. The highest BCUT2D eigenvalue weighted by Crippen LogP contribution is 2.23. The van der Waals surface area contributed by atoms with Gasteiger partial charge in [-0.15, -0.1) is 0 Å². The quantitative estimate of drug-likeness (QED) is 0.158. The fraction of sp³-hybridized carbons (Fsp3) is 0.524. The predicted octanol–water partition coefficient (Wildman–Crippen LogP) is -0.960. The van der Waals surface area contributed by atoms with Crippen LogP contribution in [0, 0.1) is 5.41 Å². The van der Waals surface area contributed by atoms with Crippen molar-refractivity contribution in [3.05, 3.63) is 35.9 Å². The van der Waals surface area contributed by atoms with E-state index in [0.29, 0.717) is 25.8 Å². The fourth-order valence-corrected chi connectivity index (χ4v) is 3.79. The molecule has 10 heteroatoms. The molecule has 1 aromatic carbocycles. The van der Waals surface area contributed by atoms with Gasteiger partial charge in [0.15, 0.2) is 5.96 Å². The molecule has 0 aromatic heterocycles. The maximum atomic E-state index is 13.2. The SMILES string of the molecule is CNC(=N)NCCC[C@@H](C(=O)N[C@@H](Cc1ccccc1)C(N)=O)N1C(=O)[C@@H](N)CC1C. The first-order chi connectivity index (χ1) is 14.7. The van der Waals surface area contributed by atoms with Crippen LogP contribution >= 0.6 is 0 Å². The van der Waals surface area contributed by atoms with Crippen molar-refractivity contribution in [2.45, 2.75) is 56.8 Å². The molecule has 4 atom stereocenters. The monoisotopic (exact) mass is 431 g/mol. The second-order valence-corrected chi connectivity index (χ2v) is 7.80. The molecule has 3 amide bonds. The second-order valence-electron chi connectivity index (χ2n) is 7.80. The van der Waals surface area contributed by atoms with Crippen molar-refractivity contribution in [2.24, 2.45) is 11.5 Å². The van der Waals surface area contributed by atoms with Crippen LogP contribution in [0.1, 0.15) is 31.7 Å². The normalized spacial score (nSPS) is 20.1. The van der Waals surface area contributed by atoms with Gasteiger partial charge in [-0.2, -0.15) is 0 Å². The largest absolute Gasteiger partial charge is 0.368 e. The van der Waals surface area contributed by atoms with Crippen molar-refractivity contribution in [3.63, 3.8) is 0 Å². The molecule has 0 spiro atoms. The number of hydrogen-bond donors (Lipinski definition) is 6. The molecule has 1 saturated heterocycles. The van der Waals surface area contributed by atoms with Gasteiger partial charge in [0.25, 0.3) is 0 Å². The molecule has 0 bridgehead atoms. The average molecular weight is 432 g/mol. The van der Waals surface area contributed by atoms with Gasteiger partial charge >= 0.3 is 0 Å². The van der Waals surface area contributed by atoms with E-state index in [1.165, 1.54) is 4.90 Å². The van der Waals surface area contributed by atoms with Crippen LogP contribution in [0.5, 0.6) is 0 Å². The van der Waals surface area contributed by atoms with Crippen LogP contribution < -0.4 is 27.4 Å². The molecular formula is C21H33N7O3. The first-order valence-electron chi connectivity index (χ1n) is 10.5. The average Bonchev–Trinajstić information content (AvgIpc) is 2.99. The van der Waals surface area contributed by atoms with Crippen molar-refractivity contribution in [3.8, 4) is 0 Å². The third-order valence-corrected chi connectivity index (χ3v) is 5.43. The van der Waals surface area contributed by atoms with Crippen LogP contribution in [-0.4, -0.2) is 66.3 Å². The molecule has 0 aliphatic carbocycles. The first kappa shape index (κ1) is 24.1. The topological polar surface area (TPSA) is 166 Å². The van der Waals surface area contributed by atoms with Crippen LogP contribution in [0.15, 0.2) is 30.3 Å². The van der Waals surface area contributed by atoms with Crippen molar-refractivity contribution in [2.75, 3.05) is 13.6 Å². The molecule has 1 aliphatic rings. The number of nitrogens with zero attached hydrogens (tertiary/aromatic N) is 1. The zero-order chi connectivity index (χ0) is 23.0. The molecule has 31 heavy (non-hydrogen) atoms. The number of likely N-dealkylation sites (tertiary alicyclic amines) is 1. The standard InChI is InChI=1S/C21H33N7O3/c1-13-11-15(22)20(31)28(13)17(9-6-10-26-21(24)25-2)19(30)27-16(18(23)29)12-14-7-4-3-5-8-14/h3-5,7-8,13,15-17H,6,9-12,22H2,1-2H3,(H2,23,29)(H,27,30)(H3,24,25,26)/t13?,15-,16-,17-/m0/s1. The lowest BCUT2D eigenvalue weighted by Crippen LogP contribution is -2.56. The summed E-state index contributed by atoms with van der Waals surface area (Å²) in [4.78, 5) is 39.3. The molecule has 1 unspecified atom stereocenters. The first-order valence-corrected chi connectivity index (χ1v) is 10.5. The van der Waals surface area contributed by atoms with Crippen molar-refractivity contribution in [1.82, 2.24) is 20.9 Å². The molecule has 1 aliphatic heterocycles. The predicted molar refractivity (Wildman–Crippen MR) is 118 cm³/mol. The van der Waals surface area contributed by atoms with E-state index in [0.717, 1.165) is 5.56 Å². The molecule has 1 aromatic rings. The Morgan fingerprint density at radius 3 is 2.52 bits per heavy atom. The summed E-state index contributed by atoms with van der Waals surface area (Å²) in [6.45, 7) is 2.31. The number of carbonyl (C=O) groups is 3. The Kier molecular flexibility index (Phi) is 8.80. The van der Waals surface area contributed by atoms with E-state index in [2.05, 4.69) is 16.0 Å². The van der Waals surface area contributed by atoms with Gasteiger partial charge in [0.1, 0.15) is 12.1 Å². The zero-order valence-corrected chi connectivity index (χ0v) is 18.1. The van der Waals surface area contributed by atoms with Crippen LogP contribution in [0.25, 0.3) is 0 Å². The molecule has 10 nitrogen and oxygen atoms in total. The molecule has 170 valence electrons. The lowest BCUT2D eigenvalue weighted by Gasteiger charge is -2.32. The number of amides is 3. The Labute approximate surface area is 182 Å². The number of guanidine groups is 1. The summed E-state index contributed by atoms with van der Waals surface area (Å²) in [5.41, 5.74) is 12.3. The molecule has 0 saturated carbocycles. The molecule has 1 heterocycles. The number of primary amides is 1. The van der Waals surface area contributed by atoms with Crippen LogP contribution in [0.4, 0.5) is 0 Å². The summed E-state index contributed by atoms with van der Waals surface area (Å²) in [6, 6.07) is 6.76. The summed E-state index contributed by atoms with van der Waals surface area (Å²) < 4.78 is 0. The Balaban J connectivity index is 2.12. The maximum absolute atomic E-state index is 13.2. The van der Waals surface area contributed by atoms with Gasteiger partial charge in [-0.25, -0.2) is 0 Å². The molecule has 0 radical (unpaired) electrons. The number of nitrogens with one attached hydrogen (secondary N) is 4. The van der Waals surface area contributed by atoms with Crippen molar-refractivity contribution in [1.29, 1.82) is 5.41 Å².